The van der Waals surface area contributed by atoms with Crippen LogP contribution >= 0.6 is 0 Å². The van der Waals surface area contributed by atoms with E-state index in [4.69, 9.17) is 4.99 Å². The molecule has 1 aliphatic heterocycles. The van der Waals surface area contributed by atoms with Crippen LogP contribution in [0.4, 0.5) is 0 Å². The SMILES string of the molecule is CC(C)N(CCN=C1N(C)CCN1C)C(C)C. The first kappa shape index (κ1) is 14.3. The van der Waals surface area contributed by atoms with Crippen LogP contribution in [-0.2, 0) is 0 Å². The molecule has 1 aliphatic rings. The van der Waals surface area contributed by atoms with Crippen LogP contribution in [0.5, 0.6) is 0 Å². The molecule has 1 rings (SSSR count). The van der Waals surface area contributed by atoms with Crippen LogP contribution in [0.15, 0.2) is 4.99 Å². The first-order valence-electron chi connectivity index (χ1n) is 6.66. The third-order valence-electron chi connectivity index (χ3n) is 3.39. The molecule has 17 heavy (non-hydrogen) atoms. The van der Waals surface area contributed by atoms with Crippen molar-refractivity contribution in [2.24, 2.45) is 4.99 Å². The number of likely N-dealkylation sites (N-methyl/N-ethyl adjacent to an activating group) is 2. The summed E-state index contributed by atoms with van der Waals surface area (Å²) in [6, 6.07) is 1.18. The minimum atomic E-state index is 0.592. The van der Waals surface area contributed by atoms with Gasteiger partial charge in [-0.15, -0.1) is 0 Å². The maximum Gasteiger partial charge on any atom is 0.196 e. The lowest BCUT2D eigenvalue weighted by Crippen LogP contribution is -2.39. The van der Waals surface area contributed by atoms with Gasteiger partial charge in [-0.3, -0.25) is 9.89 Å². The van der Waals surface area contributed by atoms with E-state index >= 15 is 0 Å². The highest BCUT2D eigenvalue weighted by molar-refractivity contribution is 5.81. The quantitative estimate of drug-likeness (QED) is 0.724. The summed E-state index contributed by atoms with van der Waals surface area (Å²) in [6.07, 6.45) is 0. The molecule has 0 amide bonds. The van der Waals surface area contributed by atoms with Crippen LogP contribution < -0.4 is 0 Å². The van der Waals surface area contributed by atoms with E-state index in [1.807, 2.05) is 0 Å². The molecule has 0 saturated carbocycles. The second-order valence-corrected chi connectivity index (χ2v) is 5.45. The van der Waals surface area contributed by atoms with Crippen LogP contribution in [0.25, 0.3) is 0 Å². The molecule has 0 N–H and O–H groups in total. The summed E-state index contributed by atoms with van der Waals surface area (Å²) in [5, 5.41) is 0. The standard InChI is InChI=1S/C13H28N4/c1-11(2)17(12(3)4)8-7-14-13-15(5)9-10-16(13)6/h11-12H,7-10H2,1-6H3. The van der Waals surface area contributed by atoms with Gasteiger partial charge in [-0.05, 0) is 27.7 Å². The summed E-state index contributed by atoms with van der Waals surface area (Å²) in [5.41, 5.74) is 0. The Bertz CT molecular complexity index is 240. The van der Waals surface area contributed by atoms with E-state index in [0.717, 1.165) is 32.1 Å². The summed E-state index contributed by atoms with van der Waals surface area (Å²) in [4.78, 5) is 11.7. The first-order valence-corrected chi connectivity index (χ1v) is 6.66. The fourth-order valence-corrected chi connectivity index (χ4v) is 2.41. The van der Waals surface area contributed by atoms with Crippen molar-refractivity contribution in [3.05, 3.63) is 0 Å². The lowest BCUT2D eigenvalue weighted by molar-refractivity contribution is 0.180. The minimum Gasteiger partial charge on any atom is -0.344 e. The summed E-state index contributed by atoms with van der Waals surface area (Å²) < 4.78 is 0. The molecule has 1 fully saturated rings. The van der Waals surface area contributed by atoms with Crippen LogP contribution in [-0.4, -0.2) is 73.0 Å². The summed E-state index contributed by atoms with van der Waals surface area (Å²) >= 11 is 0. The fraction of sp³-hybridized carbons (Fsp3) is 0.923. The van der Waals surface area contributed by atoms with Crippen LogP contribution in [0.2, 0.25) is 0 Å². The Balaban J connectivity index is 2.47. The molecular weight excluding hydrogens is 212 g/mol. The Morgan fingerprint density at radius 1 is 1.06 bits per heavy atom. The molecule has 0 atom stereocenters. The van der Waals surface area contributed by atoms with Crippen molar-refractivity contribution in [1.29, 1.82) is 0 Å². The summed E-state index contributed by atoms with van der Waals surface area (Å²) in [5.74, 6) is 1.14. The predicted octanol–water partition coefficient (Wildman–Crippen LogP) is 1.34. The van der Waals surface area contributed by atoms with Crippen LogP contribution in [0.3, 0.4) is 0 Å². The third-order valence-corrected chi connectivity index (χ3v) is 3.39. The van der Waals surface area contributed by atoms with Crippen molar-refractivity contribution < 1.29 is 0 Å². The highest BCUT2D eigenvalue weighted by Gasteiger charge is 2.19. The topological polar surface area (TPSA) is 22.1 Å². The Kier molecular flexibility index (Phi) is 5.25. The first-order chi connectivity index (χ1) is 7.93. The Morgan fingerprint density at radius 3 is 1.94 bits per heavy atom. The van der Waals surface area contributed by atoms with E-state index in [0.29, 0.717) is 12.1 Å². The van der Waals surface area contributed by atoms with Crippen LogP contribution in [0, 0.1) is 0 Å². The summed E-state index contributed by atoms with van der Waals surface area (Å²) in [7, 11) is 4.23. The number of hydrogen-bond acceptors (Lipinski definition) is 2. The lowest BCUT2D eigenvalue weighted by Gasteiger charge is -2.30. The van der Waals surface area contributed by atoms with Crippen molar-refractivity contribution >= 4 is 5.96 Å². The Hall–Kier alpha value is -0.770. The second kappa shape index (κ2) is 6.24. The Labute approximate surface area is 106 Å². The predicted molar refractivity (Wildman–Crippen MR) is 74.5 cm³/mol. The van der Waals surface area contributed by atoms with E-state index in [2.05, 4.69) is 56.5 Å². The van der Waals surface area contributed by atoms with Gasteiger partial charge in [-0.2, -0.15) is 0 Å². The van der Waals surface area contributed by atoms with E-state index in [1.165, 1.54) is 0 Å². The molecule has 4 heteroatoms. The van der Waals surface area contributed by atoms with Crippen molar-refractivity contribution in [2.75, 3.05) is 40.3 Å². The van der Waals surface area contributed by atoms with Crippen molar-refractivity contribution in [3.63, 3.8) is 0 Å². The molecule has 0 aromatic rings. The molecule has 0 aromatic heterocycles. The molecule has 100 valence electrons. The molecule has 1 heterocycles. The molecule has 0 unspecified atom stereocenters. The van der Waals surface area contributed by atoms with Gasteiger partial charge in [0.2, 0.25) is 0 Å². The number of aliphatic imine (C=N–C) groups is 1. The molecule has 4 nitrogen and oxygen atoms in total. The zero-order chi connectivity index (χ0) is 13.0. The van der Waals surface area contributed by atoms with E-state index in [9.17, 15) is 0 Å². The average molecular weight is 240 g/mol. The third kappa shape index (κ3) is 3.87. The van der Waals surface area contributed by atoms with Gasteiger partial charge in [0.05, 0.1) is 6.54 Å². The van der Waals surface area contributed by atoms with Gasteiger partial charge < -0.3 is 9.80 Å². The van der Waals surface area contributed by atoms with E-state index in [1.54, 1.807) is 0 Å². The maximum atomic E-state index is 4.72. The Morgan fingerprint density at radius 2 is 1.53 bits per heavy atom. The molecule has 0 radical (unpaired) electrons. The minimum absolute atomic E-state index is 0.592. The van der Waals surface area contributed by atoms with Gasteiger partial charge in [-0.1, -0.05) is 0 Å². The largest absolute Gasteiger partial charge is 0.344 e. The highest BCUT2D eigenvalue weighted by atomic mass is 15.4. The van der Waals surface area contributed by atoms with Crippen molar-refractivity contribution in [2.45, 2.75) is 39.8 Å². The average Bonchev–Trinajstić information content (AvgIpc) is 2.53. The van der Waals surface area contributed by atoms with Gasteiger partial charge in [-0.25, -0.2) is 0 Å². The number of rotatable bonds is 5. The van der Waals surface area contributed by atoms with E-state index in [-0.39, 0.29) is 0 Å². The fourth-order valence-electron chi connectivity index (χ4n) is 2.41. The smallest absolute Gasteiger partial charge is 0.196 e. The van der Waals surface area contributed by atoms with Gasteiger partial charge in [0, 0.05) is 45.8 Å². The number of hydrogen-bond donors (Lipinski definition) is 0. The van der Waals surface area contributed by atoms with Crippen LogP contribution in [0.1, 0.15) is 27.7 Å². The molecular formula is C13H28N4. The maximum absolute atomic E-state index is 4.72. The number of nitrogens with zero attached hydrogens (tertiary/aromatic N) is 4. The van der Waals surface area contributed by atoms with Crippen molar-refractivity contribution in [3.8, 4) is 0 Å². The summed E-state index contributed by atoms with van der Waals surface area (Å²) in [6.45, 7) is 13.1. The van der Waals surface area contributed by atoms with Gasteiger partial charge in [0.25, 0.3) is 0 Å². The van der Waals surface area contributed by atoms with E-state index < -0.39 is 0 Å². The molecule has 0 bridgehead atoms. The molecule has 0 spiro atoms. The normalized spacial score (nSPS) is 16.9. The number of guanidine groups is 1. The second-order valence-electron chi connectivity index (χ2n) is 5.45. The van der Waals surface area contributed by atoms with Crippen molar-refractivity contribution in [1.82, 2.24) is 14.7 Å². The van der Waals surface area contributed by atoms with Gasteiger partial charge in [0.15, 0.2) is 5.96 Å². The zero-order valence-corrected chi connectivity index (χ0v) is 12.3. The van der Waals surface area contributed by atoms with Gasteiger partial charge in [0.1, 0.15) is 0 Å². The molecule has 0 aromatic carbocycles. The molecule has 0 aliphatic carbocycles. The lowest BCUT2D eigenvalue weighted by atomic mass is 10.2. The van der Waals surface area contributed by atoms with Gasteiger partial charge >= 0.3 is 0 Å². The monoisotopic (exact) mass is 240 g/mol. The highest BCUT2D eigenvalue weighted by Crippen LogP contribution is 2.06. The zero-order valence-electron chi connectivity index (χ0n) is 12.3. The molecule has 1 saturated heterocycles.